The molecule has 1 N–H and O–H groups in total. The number of aliphatic carboxylic acids is 1. The topological polar surface area (TPSA) is 43.8 Å². The van der Waals surface area contributed by atoms with Crippen molar-refractivity contribution in [3.63, 3.8) is 0 Å². The highest BCUT2D eigenvalue weighted by atomic mass is 16.4. The van der Waals surface area contributed by atoms with Crippen LogP contribution in [0.5, 0.6) is 0 Å². The third-order valence-electron chi connectivity index (χ3n) is 4.15. The van der Waals surface area contributed by atoms with Crippen molar-refractivity contribution in [1.82, 2.24) is 4.90 Å². The average Bonchev–Trinajstić information content (AvgIpc) is 2.46. The summed E-state index contributed by atoms with van der Waals surface area (Å²) >= 11 is 0. The number of piperidine rings is 1. The van der Waals surface area contributed by atoms with E-state index in [1.807, 2.05) is 13.0 Å². The summed E-state index contributed by atoms with van der Waals surface area (Å²) < 4.78 is 0. The predicted molar refractivity (Wildman–Crippen MR) is 86.8 cm³/mol. The van der Waals surface area contributed by atoms with Gasteiger partial charge in [-0.15, -0.1) is 0 Å². The zero-order chi connectivity index (χ0) is 15.4. The van der Waals surface area contributed by atoms with Crippen LogP contribution in [0.1, 0.15) is 24.0 Å². The zero-order valence-corrected chi connectivity index (χ0v) is 13.0. The van der Waals surface area contributed by atoms with E-state index in [4.69, 9.17) is 5.11 Å². The minimum atomic E-state index is -0.914. The smallest absolute Gasteiger partial charge is 0.328 e. The third kappa shape index (κ3) is 4.08. The van der Waals surface area contributed by atoms with Gasteiger partial charge < -0.3 is 14.9 Å². The van der Waals surface area contributed by atoms with Crippen LogP contribution in [0, 0.1) is 6.92 Å². The number of likely N-dealkylation sites (N-methyl/N-ethyl adjacent to an activating group) is 1. The van der Waals surface area contributed by atoms with Gasteiger partial charge in [-0.1, -0.05) is 6.07 Å². The van der Waals surface area contributed by atoms with Crippen LogP contribution in [-0.4, -0.2) is 49.2 Å². The molecule has 1 unspecified atom stereocenters. The molecule has 21 heavy (non-hydrogen) atoms. The van der Waals surface area contributed by atoms with Gasteiger partial charge in [0.2, 0.25) is 0 Å². The molecule has 4 nitrogen and oxygen atoms in total. The second-order valence-electron chi connectivity index (χ2n) is 5.92. The van der Waals surface area contributed by atoms with Gasteiger partial charge in [-0.25, -0.2) is 4.79 Å². The maximum absolute atomic E-state index is 10.6. The van der Waals surface area contributed by atoms with Gasteiger partial charge in [0, 0.05) is 30.9 Å². The van der Waals surface area contributed by atoms with Gasteiger partial charge in [0.1, 0.15) is 0 Å². The molecule has 0 radical (unpaired) electrons. The summed E-state index contributed by atoms with van der Waals surface area (Å²) in [6, 6.07) is 6.85. The van der Waals surface area contributed by atoms with Gasteiger partial charge in [-0.05, 0) is 63.2 Å². The highest BCUT2D eigenvalue weighted by molar-refractivity contribution is 5.85. The van der Waals surface area contributed by atoms with Gasteiger partial charge in [-0.3, -0.25) is 0 Å². The number of hydrogen-bond donors (Lipinski definition) is 1. The summed E-state index contributed by atoms with van der Waals surface area (Å²) in [6.07, 6.45) is 5.30. The number of rotatable bonds is 4. The van der Waals surface area contributed by atoms with Crippen LogP contribution in [0.2, 0.25) is 0 Å². The number of carboxylic acids is 1. The first kappa shape index (κ1) is 15.6. The Kier molecular flexibility index (Phi) is 5.02. The van der Waals surface area contributed by atoms with E-state index in [9.17, 15) is 4.79 Å². The zero-order valence-electron chi connectivity index (χ0n) is 13.0. The van der Waals surface area contributed by atoms with Crippen LogP contribution in [0.3, 0.4) is 0 Å². The van der Waals surface area contributed by atoms with Gasteiger partial charge >= 0.3 is 5.97 Å². The second-order valence-corrected chi connectivity index (χ2v) is 5.92. The fourth-order valence-corrected chi connectivity index (χ4v) is 2.82. The van der Waals surface area contributed by atoms with Gasteiger partial charge in [0.05, 0.1) is 0 Å². The first-order chi connectivity index (χ1) is 9.97. The van der Waals surface area contributed by atoms with Crippen molar-refractivity contribution in [3.05, 3.63) is 35.4 Å². The number of benzene rings is 1. The van der Waals surface area contributed by atoms with Crippen LogP contribution in [0.4, 0.5) is 5.69 Å². The quantitative estimate of drug-likeness (QED) is 0.865. The van der Waals surface area contributed by atoms with Gasteiger partial charge in [0.25, 0.3) is 0 Å². The molecule has 0 bridgehead atoms. The molecule has 0 amide bonds. The molecule has 2 rings (SSSR count). The Labute approximate surface area is 126 Å². The Balaban J connectivity index is 2.14. The monoisotopic (exact) mass is 288 g/mol. The van der Waals surface area contributed by atoms with Crippen LogP contribution >= 0.6 is 0 Å². The van der Waals surface area contributed by atoms with E-state index < -0.39 is 5.97 Å². The Morgan fingerprint density at radius 2 is 2.19 bits per heavy atom. The first-order valence-electron chi connectivity index (χ1n) is 7.40. The summed E-state index contributed by atoms with van der Waals surface area (Å²) in [5, 5.41) is 8.71. The van der Waals surface area contributed by atoms with E-state index in [-0.39, 0.29) is 0 Å². The molecule has 4 heteroatoms. The Morgan fingerprint density at radius 3 is 2.81 bits per heavy atom. The molecule has 1 atom stereocenters. The van der Waals surface area contributed by atoms with Crippen LogP contribution in [-0.2, 0) is 4.79 Å². The lowest BCUT2D eigenvalue weighted by Gasteiger charge is -2.37. The maximum Gasteiger partial charge on any atom is 0.328 e. The van der Waals surface area contributed by atoms with E-state index in [1.54, 1.807) is 6.08 Å². The number of carboxylic acid groups (broad SMARTS) is 1. The number of hydrogen-bond acceptors (Lipinski definition) is 3. The minimum Gasteiger partial charge on any atom is -0.478 e. The number of nitrogens with zero attached hydrogens (tertiary/aromatic N) is 2. The van der Waals surface area contributed by atoms with Crippen molar-refractivity contribution in [2.24, 2.45) is 0 Å². The normalized spacial score (nSPS) is 19.4. The predicted octanol–water partition coefficient (Wildman–Crippen LogP) is 2.62. The maximum atomic E-state index is 10.6. The third-order valence-corrected chi connectivity index (χ3v) is 4.15. The van der Waals surface area contributed by atoms with Gasteiger partial charge in [0.15, 0.2) is 0 Å². The highest BCUT2D eigenvalue weighted by Gasteiger charge is 2.21. The molecule has 0 saturated carbocycles. The minimum absolute atomic E-state index is 0.602. The number of aryl methyl sites for hydroxylation is 1. The molecule has 1 heterocycles. The van der Waals surface area contributed by atoms with Crippen molar-refractivity contribution < 1.29 is 9.90 Å². The Morgan fingerprint density at radius 1 is 1.43 bits per heavy atom. The molecule has 1 aliphatic heterocycles. The van der Waals surface area contributed by atoms with Crippen LogP contribution < -0.4 is 4.90 Å². The molecule has 1 aromatic carbocycles. The highest BCUT2D eigenvalue weighted by Crippen LogP contribution is 2.24. The molecule has 0 aromatic heterocycles. The lowest BCUT2D eigenvalue weighted by Crippen LogP contribution is -2.45. The number of carbonyl (C=O) groups is 1. The lowest BCUT2D eigenvalue weighted by atomic mass is 10.0. The van der Waals surface area contributed by atoms with Crippen molar-refractivity contribution in [1.29, 1.82) is 0 Å². The standard InChI is InChI=1S/C17H24N2O2/c1-13-11-15(8-6-14(13)7-9-17(20)21)19-10-4-5-16(12-19)18(2)3/h6-9,11,16H,4-5,10,12H2,1-3H3,(H,20,21). The average molecular weight is 288 g/mol. The van der Waals surface area contributed by atoms with Crippen molar-refractivity contribution in [2.45, 2.75) is 25.8 Å². The first-order valence-corrected chi connectivity index (χ1v) is 7.40. The van der Waals surface area contributed by atoms with Gasteiger partial charge in [-0.2, -0.15) is 0 Å². The van der Waals surface area contributed by atoms with Crippen LogP contribution in [0.25, 0.3) is 6.08 Å². The summed E-state index contributed by atoms with van der Waals surface area (Å²) in [5.74, 6) is -0.914. The largest absolute Gasteiger partial charge is 0.478 e. The molecule has 0 spiro atoms. The number of anilines is 1. The fourth-order valence-electron chi connectivity index (χ4n) is 2.82. The van der Waals surface area contributed by atoms with Crippen LogP contribution in [0.15, 0.2) is 24.3 Å². The van der Waals surface area contributed by atoms with E-state index in [1.165, 1.54) is 24.6 Å². The molecular weight excluding hydrogens is 264 g/mol. The van der Waals surface area contributed by atoms with E-state index in [0.717, 1.165) is 24.2 Å². The fraction of sp³-hybridized carbons (Fsp3) is 0.471. The Hall–Kier alpha value is -1.81. The molecule has 114 valence electrons. The molecule has 0 aliphatic carbocycles. The van der Waals surface area contributed by atoms with E-state index in [2.05, 4.69) is 36.0 Å². The molecular formula is C17H24N2O2. The van der Waals surface area contributed by atoms with E-state index in [0.29, 0.717) is 6.04 Å². The molecule has 1 aromatic rings. The molecule has 1 saturated heterocycles. The Bertz CT molecular complexity index is 538. The second kappa shape index (κ2) is 6.76. The lowest BCUT2D eigenvalue weighted by molar-refractivity contribution is -0.131. The summed E-state index contributed by atoms with van der Waals surface area (Å²) in [4.78, 5) is 15.3. The molecule has 1 fully saturated rings. The van der Waals surface area contributed by atoms with Crippen molar-refractivity contribution in [3.8, 4) is 0 Å². The van der Waals surface area contributed by atoms with E-state index >= 15 is 0 Å². The van der Waals surface area contributed by atoms with Crippen molar-refractivity contribution >= 4 is 17.7 Å². The SMILES string of the molecule is Cc1cc(N2CCCC(N(C)C)C2)ccc1C=CC(=O)O. The summed E-state index contributed by atoms with van der Waals surface area (Å²) in [6.45, 7) is 4.17. The molecule has 1 aliphatic rings. The van der Waals surface area contributed by atoms with Crippen molar-refractivity contribution in [2.75, 3.05) is 32.1 Å². The summed E-state index contributed by atoms with van der Waals surface area (Å²) in [7, 11) is 4.28. The summed E-state index contributed by atoms with van der Waals surface area (Å²) in [5.41, 5.74) is 3.30.